The van der Waals surface area contributed by atoms with Crippen LogP contribution in [0.5, 0.6) is 0 Å². The van der Waals surface area contributed by atoms with Gasteiger partial charge in [0.1, 0.15) is 5.82 Å². The van der Waals surface area contributed by atoms with Gasteiger partial charge in [-0.15, -0.1) is 11.3 Å². The summed E-state index contributed by atoms with van der Waals surface area (Å²) in [5.74, 6) is 0.0329. The fourth-order valence-corrected chi connectivity index (χ4v) is 5.70. The smallest absolute Gasteiger partial charge is 0.261 e. The van der Waals surface area contributed by atoms with Gasteiger partial charge in [0.25, 0.3) is 5.91 Å². The Balaban J connectivity index is 1.91. The highest BCUT2D eigenvalue weighted by molar-refractivity contribution is 7.90. The lowest BCUT2D eigenvalue weighted by atomic mass is 10.1. The molecule has 0 saturated carbocycles. The molecule has 0 bridgehead atoms. The highest BCUT2D eigenvalue weighted by Gasteiger charge is 2.20. The molecule has 0 aliphatic carbocycles. The normalized spacial score (nSPS) is 12.2. The zero-order valence-electron chi connectivity index (χ0n) is 19.1. The largest absolute Gasteiger partial charge is 0.324 e. The molecule has 0 aliphatic heterocycles. The molecule has 0 aliphatic rings. The van der Waals surface area contributed by atoms with Crippen molar-refractivity contribution in [2.75, 3.05) is 5.75 Å². The van der Waals surface area contributed by atoms with E-state index in [1.807, 2.05) is 42.0 Å². The van der Waals surface area contributed by atoms with E-state index in [0.29, 0.717) is 40.7 Å². The van der Waals surface area contributed by atoms with Gasteiger partial charge in [0.05, 0.1) is 24.2 Å². The van der Waals surface area contributed by atoms with Crippen LogP contribution in [0.25, 0.3) is 6.08 Å². The number of hydrogen-bond donors (Lipinski definition) is 1. The summed E-state index contributed by atoms with van der Waals surface area (Å²) in [5.41, 5.74) is 1.86. The summed E-state index contributed by atoms with van der Waals surface area (Å²) in [7, 11) is -3.72. The van der Waals surface area contributed by atoms with Crippen LogP contribution in [-0.4, -0.2) is 29.6 Å². The zero-order chi connectivity index (χ0) is 24.7. The molecular weight excluding hydrogens is 513 g/mol. The number of sulfonamides is 1. The number of rotatable bonds is 11. The molecule has 6 nitrogen and oxygen atoms in total. The molecule has 0 spiro atoms. The number of carbonyl (C=O) groups is 1. The minimum absolute atomic E-state index is 0.0784. The Kier molecular flexibility index (Phi) is 9.36. The van der Waals surface area contributed by atoms with Gasteiger partial charge in [-0.2, -0.15) is 0 Å². The van der Waals surface area contributed by atoms with Crippen LogP contribution >= 0.6 is 34.5 Å². The number of aryl methyl sites for hydroxylation is 1. The van der Waals surface area contributed by atoms with Crippen LogP contribution in [0.4, 0.5) is 0 Å². The SMILES string of the molecule is CCCCCS(=O)(=O)NC(=O)/C(=C/c1cnc(C)n1Cc1ccc(Cl)cc1Cl)Cc1cccs1. The molecule has 0 radical (unpaired) electrons. The predicted molar refractivity (Wildman–Crippen MR) is 140 cm³/mol. The molecule has 1 amide bonds. The van der Waals surface area contributed by atoms with Gasteiger partial charge in [0.2, 0.25) is 10.0 Å². The summed E-state index contributed by atoms with van der Waals surface area (Å²) in [6.07, 6.45) is 5.86. The van der Waals surface area contributed by atoms with E-state index < -0.39 is 15.9 Å². The monoisotopic (exact) mass is 539 g/mol. The first-order valence-corrected chi connectivity index (χ1v) is 14.2. The van der Waals surface area contributed by atoms with Crippen LogP contribution < -0.4 is 4.72 Å². The Bertz CT molecular complexity index is 1270. The molecule has 3 rings (SSSR count). The molecule has 2 heterocycles. The van der Waals surface area contributed by atoms with Crippen molar-refractivity contribution in [2.24, 2.45) is 0 Å². The predicted octanol–water partition coefficient (Wildman–Crippen LogP) is 5.87. The number of aromatic nitrogens is 2. The molecule has 3 aromatic rings. The fourth-order valence-electron chi connectivity index (χ4n) is 3.40. The highest BCUT2D eigenvalue weighted by Crippen LogP contribution is 2.24. The molecule has 1 N–H and O–H groups in total. The average Bonchev–Trinajstić information content (AvgIpc) is 3.40. The van der Waals surface area contributed by atoms with Crippen LogP contribution in [0.15, 0.2) is 47.5 Å². The Morgan fingerprint density at radius 1 is 1.24 bits per heavy atom. The van der Waals surface area contributed by atoms with E-state index in [0.717, 1.165) is 29.1 Å². The molecule has 10 heteroatoms. The van der Waals surface area contributed by atoms with E-state index in [1.54, 1.807) is 24.4 Å². The molecule has 2 aromatic heterocycles. The Morgan fingerprint density at radius 3 is 2.71 bits per heavy atom. The highest BCUT2D eigenvalue weighted by atomic mass is 35.5. The number of halogens is 2. The van der Waals surface area contributed by atoms with Gasteiger partial charge in [-0.05, 0) is 48.6 Å². The number of nitrogens with one attached hydrogen (secondary N) is 1. The van der Waals surface area contributed by atoms with E-state index >= 15 is 0 Å². The molecule has 0 fully saturated rings. The molecule has 0 atom stereocenters. The number of nitrogens with zero attached hydrogens (tertiary/aromatic N) is 2. The number of benzene rings is 1. The third-order valence-electron chi connectivity index (χ3n) is 5.25. The molecule has 182 valence electrons. The van der Waals surface area contributed by atoms with Crippen molar-refractivity contribution < 1.29 is 13.2 Å². The van der Waals surface area contributed by atoms with Gasteiger partial charge in [-0.1, -0.05) is 55.1 Å². The first-order chi connectivity index (χ1) is 16.2. The number of carbonyl (C=O) groups excluding carboxylic acids is 1. The van der Waals surface area contributed by atoms with Gasteiger partial charge in [0, 0.05) is 26.9 Å². The van der Waals surface area contributed by atoms with Crippen LogP contribution in [0, 0.1) is 6.92 Å². The minimum Gasteiger partial charge on any atom is -0.324 e. The van der Waals surface area contributed by atoms with Crippen LogP contribution in [0.3, 0.4) is 0 Å². The maximum absolute atomic E-state index is 13.1. The van der Waals surface area contributed by atoms with Crippen molar-refractivity contribution in [3.63, 3.8) is 0 Å². The number of imidazole rings is 1. The second kappa shape index (κ2) is 12.0. The Hall–Kier alpha value is -2.13. The molecule has 34 heavy (non-hydrogen) atoms. The first-order valence-electron chi connectivity index (χ1n) is 10.9. The number of hydrogen-bond acceptors (Lipinski definition) is 5. The maximum Gasteiger partial charge on any atom is 0.261 e. The lowest BCUT2D eigenvalue weighted by Gasteiger charge is -2.13. The summed E-state index contributed by atoms with van der Waals surface area (Å²) in [6, 6.07) is 9.11. The van der Waals surface area contributed by atoms with Gasteiger partial charge >= 0.3 is 0 Å². The van der Waals surface area contributed by atoms with E-state index in [4.69, 9.17) is 23.2 Å². The topological polar surface area (TPSA) is 81.1 Å². The van der Waals surface area contributed by atoms with Crippen LogP contribution in [0.1, 0.15) is 48.1 Å². The lowest BCUT2D eigenvalue weighted by Crippen LogP contribution is -2.34. The number of unbranched alkanes of at least 4 members (excludes halogenated alkanes) is 2. The van der Waals surface area contributed by atoms with Crippen molar-refractivity contribution in [3.05, 3.63) is 79.5 Å². The van der Waals surface area contributed by atoms with Crippen molar-refractivity contribution in [1.29, 1.82) is 0 Å². The Labute approximate surface area is 214 Å². The van der Waals surface area contributed by atoms with Gasteiger partial charge in [-0.25, -0.2) is 18.1 Å². The first kappa shape index (κ1) is 26.5. The lowest BCUT2D eigenvalue weighted by molar-refractivity contribution is -0.115. The zero-order valence-corrected chi connectivity index (χ0v) is 22.2. The Morgan fingerprint density at radius 2 is 2.03 bits per heavy atom. The summed E-state index contributed by atoms with van der Waals surface area (Å²) in [4.78, 5) is 18.4. The van der Waals surface area contributed by atoms with Crippen molar-refractivity contribution in [3.8, 4) is 0 Å². The number of amides is 1. The minimum atomic E-state index is -3.72. The summed E-state index contributed by atoms with van der Waals surface area (Å²) in [5, 5.41) is 3.00. The van der Waals surface area contributed by atoms with E-state index in [2.05, 4.69) is 9.71 Å². The van der Waals surface area contributed by atoms with Gasteiger partial charge < -0.3 is 4.57 Å². The standard InChI is InChI=1S/C24H27Cl2N3O3S2/c1-3-4-5-11-34(31,32)28-24(30)19(13-22-7-6-10-33-22)12-21-15-27-17(2)29(21)16-18-8-9-20(25)14-23(18)26/h6-10,12,14-15H,3-5,11,13,16H2,1-2H3,(H,28,30)/b19-12+. The quantitative estimate of drug-likeness (QED) is 0.244. The van der Waals surface area contributed by atoms with Crippen molar-refractivity contribution in [1.82, 2.24) is 14.3 Å². The van der Waals surface area contributed by atoms with E-state index in [1.165, 1.54) is 11.3 Å². The fraction of sp³-hybridized carbons (Fsp3) is 0.333. The maximum atomic E-state index is 13.1. The molecule has 0 saturated heterocycles. The van der Waals surface area contributed by atoms with Crippen molar-refractivity contribution >= 4 is 56.5 Å². The molecule has 1 aromatic carbocycles. The van der Waals surface area contributed by atoms with Gasteiger partial charge in [-0.3, -0.25) is 4.79 Å². The molecular formula is C24H27Cl2N3O3S2. The average molecular weight is 541 g/mol. The van der Waals surface area contributed by atoms with E-state index in [9.17, 15) is 13.2 Å². The summed E-state index contributed by atoms with van der Waals surface area (Å²) < 4.78 is 29.1. The van der Waals surface area contributed by atoms with Crippen LogP contribution in [-0.2, 0) is 27.8 Å². The van der Waals surface area contributed by atoms with Gasteiger partial charge in [0.15, 0.2) is 0 Å². The third kappa shape index (κ3) is 7.43. The summed E-state index contributed by atoms with van der Waals surface area (Å²) in [6.45, 7) is 4.28. The van der Waals surface area contributed by atoms with Crippen molar-refractivity contribution in [2.45, 2.75) is 46.1 Å². The van der Waals surface area contributed by atoms with E-state index in [-0.39, 0.29) is 5.75 Å². The summed E-state index contributed by atoms with van der Waals surface area (Å²) >= 11 is 13.9. The number of thiophene rings is 1. The second-order valence-electron chi connectivity index (χ2n) is 7.94. The second-order valence-corrected chi connectivity index (χ2v) is 11.7. The molecule has 0 unspecified atom stereocenters. The third-order valence-corrected chi connectivity index (χ3v) is 8.04. The van der Waals surface area contributed by atoms with Crippen LogP contribution in [0.2, 0.25) is 10.0 Å².